The Hall–Kier alpha value is -2.88. The molecule has 1 N–H and O–H groups in total. The van der Waals surface area contributed by atoms with Gasteiger partial charge in [-0.05, 0) is 50.2 Å². The van der Waals surface area contributed by atoms with Crippen molar-refractivity contribution in [3.05, 3.63) is 66.4 Å². The second kappa shape index (κ2) is 7.13. The molecule has 4 heteroatoms. The minimum atomic E-state index is -0.144. The average Bonchev–Trinajstić information content (AvgIpc) is 2.63. The number of fused-ring (bicyclic) bond motifs is 1. The van der Waals surface area contributed by atoms with E-state index in [1.54, 1.807) is 12.3 Å². The lowest BCUT2D eigenvalue weighted by Crippen LogP contribution is -2.21. The fraction of sp³-hybridized carbons (Fsp3) is 0.200. The molecule has 0 aliphatic carbocycles. The molecule has 0 radical (unpaired) electrons. The lowest BCUT2D eigenvalue weighted by molar-refractivity contribution is 0.102. The number of nitrogens with zero attached hydrogens (tertiary/aromatic N) is 2. The smallest absolute Gasteiger partial charge is 0.257 e. The topological polar surface area (TPSA) is 45.2 Å². The van der Waals surface area contributed by atoms with Gasteiger partial charge in [-0.3, -0.25) is 9.78 Å². The molecule has 0 fully saturated rings. The third kappa shape index (κ3) is 3.23. The highest BCUT2D eigenvalue weighted by atomic mass is 16.1. The van der Waals surface area contributed by atoms with E-state index in [1.807, 2.05) is 48.5 Å². The van der Waals surface area contributed by atoms with Gasteiger partial charge in [0.15, 0.2) is 0 Å². The van der Waals surface area contributed by atoms with Crippen LogP contribution >= 0.6 is 0 Å². The Balaban J connectivity index is 1.81. The number of benzene rings is 2. The Morgan fingerprint density at radius 1 is 1.00 bits per heavy atom. The third-order valence-corrected chi connectivity index (χ3v) is 4.13. The van der Waals surface area contributed by atoms with Crippen LogP contribution in [-0.2, 0) is 0 Å². The van der Waals surface area contributed by atoms with Gasteiger partial charge in [0.05, 0.1) is 11.1 Å². The maximum Gasteiger partial charge on any atom is 0.257 e. The number of hydrogen-bond acceptors (Lipinski definition) is 3. The van der Waals surface area contributed by atoms with Crippen LogP contribution in [-0.4, -0.2) is 24.0 Å². The van der Waals surface area contributed by atoms with Crippen molar-refractivity contribution in [3.8, 4) is 0 Å². The first-order chi connectivity index (χ1) is 11.7. The number of rotatable bonds is 5. The maximum absolute atomic E-state index is 12.6. The quantitative estimate of drug-likeness (QED) is 0.761. The van der Waals surface area contributed by atoms with E-state index in [2.05, 4.69) is 29.0 Å². The van der Waals surface area contributed by atoms with Gasteiger partial charge >= 0.3 is 0 Å². The summed E-state index contributed by atoms with van der Waals surface area (Å²) < 4.78 is 0. The van der Waals surface area contributed by atoms with Gasteiger partial charge < -0.3 is 10.2 Å². The molecule has 2 aromatic carbocycles. The summed E-state index contributed by atoms with van der Waals surface area (Å²) in [5.74, 6) is -0.144. The van der Waals surface area contributed by atoms with Gasteiger partial charge in [-0.1, -0.05) is 18.2 Å². The van der Waals surface area contributed by atoms with E-state index in [1.165, 1.54) is 0 Å². The molecule has 1 amide bonds. The SMILES string of the molecule is CCN(CC)c1ccc(NC(=O)c2cccc3cccnc23)cc1. The maximum atomic E-state index is 12.6. The molecule has 122 valence electrons. The molecule has 3 aromatic rings. The number of nitrogens with one attached hydrogen (secondary N) is 1. The number of pyridine rings is 1. The molecule has 0 bridgehead atoms. The van der Waals surface area contributed by atoms with Crippen LogP contribution in [0.5, 0.6) is 0 Å². The number of anilines is 2. The van der Waals surface area contributed by atoms with Gasteiger partial charge in [0.1, 0.15) is 0 Å². The number of carbonyl (C=O) groups excluding carboxylic acids is 1. The van der Waals surface area contributed by atoms with E-state index in [0.29, 0.717) is 5.56 Å². The summed E-state index contributed by atoms with van der Waals surface area (Å²) >= 11 is 0. The largest absolute Gasteiger partial charge is 0.372 e. The second-order valence-corrected chi connectivity index (χ2v) is 5.55. The highest BCUT2D eigenvalue weighted by Gasteiger charge is 2.11. The molecule has 24 heavy (non-hydrogen) atoms. The lowest BCUT2D eigenvalue weighted by Gasteiger charge is -2.21. The summed E-state index contributed by atoms with van der Waals surface area (Å²) in [6.07, 6.45) is 1.71. The van der Waals surface area contributed by atoms with Crippen molar-refractivity contribution in [2.45, 2.75) is 13.8 Å². The van der Waals surface area contributed by atoms with Crippen molar-refractivity contribution >= 4 is 28.2 Å². The number of hydrogen-bond donors (Lipinski definition) is 1. The number of aromatic nitrogens is 1. The molecular weight excluding hydrogens is 298 g/mol. The van der Waals surface area contributed by atoms with Crippen LogP contribution in [0.3, 0.4) is 0 Å². The minimum Gasteiger partial charge on any atom is -0.372 e. The summed E-state index contributed by atoms with van der Waals surface area (Å²) in [5.41, 5.74) is 3.24. The Labute approximate surface area is 142 Å². The van der Waals surface area contributed by atoms with Gasteiger partial charge in [0.25, 0.3) is 5.91 Å². The molecule has 1 aromatic heterocycles. The molecule has 3 rings (SSSR count). The predicted molar refractivity (Wildman–Crippen MR) is 99.7 cm³/mol. The monoisotopic (exact) mass is 319 g/mol. The molecule has 4 nitrogen and oxygen atoms in total. The predicted octanol–water partition coefficient (Wildman–Crippen LogP) is 4.33. The summed E-state index contributed by atoms with van der Waals surface area (Å²) in [4.78, 5) is 19.2. The Bertz CT molecular complexity index is 834. The van der Waals surface area contributed by atoms with Gasteiger partial charge in [-0.15, -0.1) is 0 Å². The van der Waals surface area contributed by atoms with Crippen molar-refractivity contribution in [3.63, 3.8) is 0 Å². The zero-order valence-electron chi connectivity index (χ0n) is 14.0. The van der Waals surface area contributed by atoms with Crippen molar-refractivity contribution in [2.75, 3.05) is 23.3 Å². The van der Waals surface area contributed by atoms with Gasteiger partial charge in [-0.25, -0.2) is 0 Å². The fourth-order valence-electron chi connectivity index (χ4n) is 2.83. The normalized spacial score (nSPS) is 10.6. The first-order valence-electron chi connectivity index (χ1n) is 8.23. The van der Waals surface area contributed by atoms with E-state index >= 15 is 0 Å². The molecule has 0 aliphatic heterocycles. The van der Waals surface area contributed by atoms with Crippen LogP contribution in [0, 0.1) is 0 Å². The Kier molecular flexibility index (Phi) is 4.75. The molecule has 0 spiro atoms. The summed E-state index contributed by atoms with van der Waals surface area (Å²) in [6, 6.07) is 17.4. The van der Waals surface area contributed by atoms with Crippen molar-refractivity contribution in [1.82, 2.24) is 4.98 Å². The molecule has 0 saturated heterocycles. The van der Waals surface area contributed by atoms with E-state index in [-0.39, 0.29) is 5.91 Å². The third-order valence-electron chi connectivity index (χ3n) is 4.13. The molecule has 0 aliphatic rings. The second-order valence-electron chi connectivity index (χ2n) is 5.55. The van der Waals surface area contributed by atoms with Crippen LogP contribution in [0.25, 0.3) is 10.9 Å². The van der Waals surface area contributed by atoms with Crippen LogP contribution in [0.15, 0.2) is 60.8 Å². The molecule has 0 saturated carbocycles. The standard InChI is InChI=1S/C20H21N3O/c1-3-23(4-2)17-12-10-16(11-13-17)22-20(24)18-9-5-7-15-8-6-14-21-19(15)18/h5-14H,3-4H2,1-2H3,(H,22,24). The number of carbonyl (C=O) groups is 1. The molecule has 0 atom stereocenters. The van der Waals surface area contributed by atoms with Crippen molar-refractivity contribution in [1.29, 1.82) is 0 Å². The van der Waals surface area contributed by atoms with Gasteiger partial charge in [0, 0.05) is 36.0 Å². The first-order valence-corrected chi connectivity index (χ1v) is 8.23. The Morgan fingerprint density at radius 2 is 1.71 bits per heavy atom. The molecule has 1 heterocycles. The minimum absolute atomic E-state index is 0.144. The lowest BCUT2D eigenvalue weighted by atomic mass is 10.1. The highest BCUT2D eigenvalue weighted by molar-refractivity contribution is 6.11. The Morgan fingerprint density at radius 3 is 2.42 bits per heavy atom. The summed E-state index contributed by atoms with van der Waals surface area (Å²) in [5, 5.41) is 3.92. The fourth-order valence-corrected chi connectivity index (χ4v) is 2.83. The van der Waals surface area contributed by atoms with Crippen LogP contribution in [0.4, 0.5) is 11.4 Å². The average molecular weight is 319 g/mol. The van der Waals surface area contributed by atoms with E-state index in [4.69, 9.17) is 0 Å². The summed E-state index contributed by atoms with van der Waals surface area (Å²) in [7, 11) is 0. The van der Waals surface area contributed by atoms with Crippen LogP contribution < -0.4 is 10.2 Å². The number of para-hydroxylation sites is 1. The zero-order valence-corrected chi connectivity index (χ0v) is 14.0. The zero-order chi connectivity index (χ0) is 16.9. The van der Waals surface area contributed by atoms with Gasteiger partial charge in [-0.2, -0.15) is 0 Å². The van der Waals surface area contributed by atoms with E-state index in [0.717, 1.165) is 35.4 Å². The van der Waals surface area contributed by atoms with E-state index in [9.17, 15) is 4.79 Å². The molecule has 0 unspecified atom stereocenters. The van der Waals surface area contributed by atoms with Crippen LogP contribution in [0.1, 0.15) is 24.2 Å². The summed E-state index contributed by atoms with van der Waals surface area (Å²) in [6.45, 7) is 6.19. The van der Waals surface area contributed by atoms with Crippen molar-refractivity contribution < 1.29 is 4.79 Å². The van der Waals surface area contributed by atoms with Crippen LogP contribution in [0.2, 0.25) is 0 Å². The molecular formula is C20H21N3O. The first kappa shape index (κ1) is 16.0. The highest BCUT2D eigenvalue weighted by Crippen LogP contribution is 2.20. The van der Waals surface area contributed by atoms with Crippen molar-refractivity contribution in [2.24, 2.45) is 0 Å². The van der Waals surface area contributed by atoms with E-state index < -0.39 is 0 Å². The van der Waals surface area contributed by atoms with Gasteiger partial charge in [0.2, 0.25) is 0 Å². The number of amides is 1.